The minimum atomic E-state index is -0.0875. The maximum absolute atomic E-state index is 12.6. The first-order chi connectivity index (χ1) is 14.8. The largest absolute Gasteiger partial charge is 0.484 e. The van der Waals surface area contributed by atoms with Crippen LogP contribution in [0.3, 0.4) is 0 Å². The third-order valence-corrected chi connectivity index (χ3v) is 5.95. The summed E-state index contributed by atoms with van der Waals surface area (Å²) >= 11 is 6.18. The molecule has 1 heterocycles. The van der Waals surface area contributed by atoms with Crippen LogP contribution in [-0.4, -0.2) is 61.0 Å². The van der Waals surface area contributed by atoms with Crippen molar-refractivity contribution in [2.24, 2.45) is 0 Å². The van der Waals surface area contributed by atoms with E-state index in [0.29, 0.717) is 42.7 Å². The Morgan fingerprint density at radius 1 is 0.806 bits per heavy atom. The zero-order chi connectivity index (χ0) is 22.4. The van der Waals surface area contributed by atoms with Gasteiger partial charge in [-0.1, -0.05) is 29.3 Å². The lowest BCUT2D eigenvalue weighted by atomic mass is 10.1. The Morgan fingerprint density at radius 2 is 1.29 bits per heavy atom. The van der Waals surface area contributed by atoms with Crippen LogP contribution in [0.4, 0.5) is 0 Å². The van der Waals surface area contributed by atoms with Gasteiger partial charge in [0.25, 0.3) is 11.8 Å². The Bertz CT molecular complexity index is 907. The lowest BCUT2D eigenvalue weighted by molar-refractivity contribution is -0.135. The summed E-state index contributed by atoms with van der Waals surface area (Å²) in [5, 5.41) is 0.710. The molecule has 0 radical (unpaired) electrons. The van der Waals surface area contributed by atoms with Crippen LogP contribution in [0.1, 0.15) is 23.1 Å². The van der Waals surface area contributed by atoms with Gasteiger partial charge in [0.1, 0.15) is 11.5 Å². The predicted molar refractivity (Wildman–Crippen MR) is 121 cm³/mol. The summed E-state index contributed by atoms with van der Waals surface area (Å²) in [5.74, 6) is 1.15. The number of halogens is 1. The summed E-state index contributed by atoms with van der Waals surface area (Å²) in [6.45, 7) is 7.96. The number of nitrogens with zero attached hydrogens (tertiary/aromatic N) is 2. The molecule has 6 nitrogen and oxygen atoms in total. The van der Waals surface area contributed by atoms with E-state index in [2.05, 4.69) is 0 Å². The number of aryl methyl sites for hydroxylation is 3. The number of rotatable bonds is 6. The van der Waals surface area contributed by atoms with Crippen molar-refractivity contribution >= 4 is 23.4 Å². The summed E-state index contributed by atoms with van der Waals surface area (Å²) in [6, 6.07) is 11.3. The summed E-state index contributed by atoms with van der Waals surface area (Å²) in [6.07, 6.45) is 0.723. The number of hydrogen-bond acceptors (Lipinski definition) is 4. The van der Waals surface area contributed by atoms with Crippen LogP contribution in [0.25, 0.3) is 0 Å². The standard InChI is InChI=1S/C24H29ClN2O4/c1-17-5-7-20(8-6-17)30-15-22(28)26-9-4-10-27(12-11-26)23(29)16-31-21-13-18(2)24(25)19(3)14-21/h5-8,13-14H,4,9-12,15-16H2,1-3H3. The molecular weight excluding hydrogens is 416 g/mol. The lowest BCUT2D eigenvalue weighted by Crippen LogP contribution is -2.40. The van der Waals surface area contributed by atoms with Crippen LogP contribution in [0.2, 0.25) is 5.02 Å². The second-order valence-electron chi connectivity index (χ2n) is 7.88. The third-order valence-electron chi connectivity index (χ3n) is 5.36. The summed E-state index contributed by atoms with van der Waals surface area (Å²) in [5.41, 5.74) is 2.98. The first-order valence-corrected chi connectivity index (χ1v) is 10.9. The van der Waals surface area contributed by atoms with Gasteiger partial charge in [-0.25, -0.2) is 0 Å². The van der Waals surface area contributed by atoms with Crippen molar-refractivity contribution in [1.29, 1.82) is 0 Å². The van der Waals surface area contributed by atoms with Crippen LogP contribution in [-0.2, 0) is 9.59 Å². The molecule has 1 fully saturated rings. The molecule has 2 aromatic rings. The minimum Gasteiger partial charge on any atom is -0.484 e. The minimum absolute atomic E-state index is 0.00458. The van der Waals surface area contributed by atoms with Gasteiger partial charge in [0, 0.05) is 31.2 Å². The molecule has 0 saturated carbocycles. The van der Waals surface area contributed by atoms with E-state index >= 15 is 0 Å². The smallest absolute Gasteiger partial charge is 0.260 e. The van der Waals surface area contributed by atoms with E-state index in [-0.39, 0.29) is 25.0 Å². The highest BCUT2D eigenvalue weighted by Gasteiger charge is 2.22. The maximum atomic E-state index is 12.6. The van der Waals surface area contributed by atoms with Crippen LogP contribution in [0.15, 0.2) is 36.4 Å². The maximum Gasteiger partial charge on any atom is 0.260 e. The molecular formula is C24H29ClN2O4. The van der Waals surface area contributed by atoms with E-state index < -0.39 is 0 Å². The summed E-state index contributed by atoms with van der Waals surface area (Å²) in [7, 11) is 0. The fraction of sp³-hybridized carbons (Fsp3) is 0.417. The van der Waals surface area contributed by atoms with E-state index in [1.807, 2.05) is 57.2 Å². The molecule has 166 valence electrons. The van der Waals surface area contributed by atoms with Crippen molar-refractivity contribution in [2.45, 2.75) is 27.2 Å². The molecule has 0 atom stereocenters. The van der Waals surface area contributed by atoms with Crippen LogP contribution in [0.5, 0.6) is 11.5 Å². The van der Waals surface area contributed by atoms with Gasteiger partial charge in [0.05, 0.1) is 0 Å². The Hall–Kier alpha value is -2.73. The predicted octanol–water partition coefficient (Wildman–Crippen LogP) is 3.78. The van der Waals surface area contributed by atoms with Gasteiger partial charge in [-0.3, -0.25) is 9.59 Å². The van der Waals surface area contributed by atoms with E-state index in [0.717, 1.165) is 23.1 Å². The Balaban J connectivity index is 1.46. The highest BCUT2D eigenvalue weighted by Crippen LogP contribution is 2.25. The molecule has 0 aromatic heterocycles. The highest BCUT2D eigenvalue weighted by molar-refractivity contribution is 6.32. The molecule has 0 aliphatic carbocycles. The van der Waals surface area contributed by atoms with Crippen molar-refractivity contribution in [3.05, 3.63) is 58.1 Å². The molecule has 2 aromatic carbocycles. The van der Waals surface area contributed by atoms with E-state index in [4.69, 9.17) is 21.1 Å². The number of amides is 2. The Morgan fingerprint density at radius 3 is 1.81 bits per heavy atom. The third kappa shape index (κ3) is 6.37. The molecule has 31 heavy (non-hydrogen) atoms. The van der Waals surface area contributed by atoms with E-state index in [9.17, 15) is 9.59 Å². The second kappa shape index (κ2) is 10.5. The molecule has 2 amide bonds. The fourth-order valence-electron chi connectivity index (χ4n) is 3.51. The zero-order valence-corrected chi connectivity index (χ0v) is 19.1. The van der Waals surface area contributed by atoms with Crippen molar-refractivity contribution < 1.29 is 19.1 Å². The molecule has 0 N–H and O–H groups in total. The molecule has 0 spiro atoms. The first-order valence-electron chi connectivity index (χ1n) is 10.5. The van der Waals surface area contributed by atoms with Crippen molar-refractivity contribution in [3.8, 4) is 11.5 Å². The van der Waals surface area contributed by atoms with Gasteiger partial charge in [-0.2, -0.15) is 0 Å². The van der Waals surface area contributed by atoms with Gasteiger partial charge >= 0.3 is 0 Å². The van der Waals surface area contributed by atoms with Crippen molar-refractivity contribution in [1.82, 2.24) is 9.80 Å². The van der Waals surface area contributed by atoms with Crippen LogP contribution in [0, 0.1) is 20.8 Å². The molecule has 1 saturated heterocycles. The van der Waals surface area contributed by atoms with Gasteiger partial charge < -0.3 is 19.3 Å². The van der Waals surface area contributed by atoms with Crippen molar-refractivity contribution in [3.63, 3.8) is 0 Å². The number of benzene rings is 2. The zero-order valence-electron chi connectivity index (χ0n) is 18.3. The number of carbonyl (C=O) groups excluding carboxylic acids is 2. The molecule has 0 unspecified atom stereocenters. The van der Waals surface area contributed by atoms with E-state index in [1.165, 1.54) is 0 Å². The number of carbonyl (C=O) groups is 2. The highest BCUT2D eigenvalue weighted by atomic mass is 35.5. The molecule has 3 rings (SSSR count). The van der Waals surface area contributed by atoms with Crippen molar-refractivity contribution in [2.75, 3.05) is 39.4 Å². The topological polar surface area (TPSA) is 59.1 Å². The SMILES string of the molecule is Cc1ccc(OCC(=O)N2CCCN(C(=O)COc3cc(C)c(Cl)c(C)c3)CC2)cc1. The Kier molecular flexibility index (Phi) is 7.80. The monoisotopic (exact) mass is 444 g/mol. The molecule has 0 bridgehead atoms. The molecule has 1 aliphatic rings. The molecule has 1 aliphatic heterocycles. The fourth-order valence-corrected chi connectivity index (χ4v) is 3.62. The normalized spacial score (nSPS) is 14.2. The van der Waals surface area contributed by atoms with E-state index in [1.54, 1.807) is 9.80 Å². The van der Waals surface area contributed by atoms with Gasteiger partial charge in [0.15, 0.2) is 13.2 Å². The average Bonchev–Trinajstić information content (AvgIpc) is 3.01. The van der Waals surface area contributed by atoms with Gasteiger partial charge in [-0.15, -0.1) is 0 Å². The summed E-state index contributed by atoms with van der Waals surface area (Å²) in [4.78, 5) is 28.7. The number of hydrogen-bond donors (Lipinski definition) is 0. The van der Waals surface area contributed by atoms with Gasteiger partial charge in [0.2, 0.25) is 0 Å². The second-order valence-corrected chi connectivity index (χ2v) is 8.25. The van der Waals surface area contributed by atoms with Crippen LogP contribution < -0.4 is 9.47 Å². The van der Waals surface area contributed by atoms with Crippen LogP contribution >= 0.6 is 11.6 Å². The molecule has 7 heteroatoms. The summed E-state index contributed by atoms with van der Waals surface area (Å²) < 4.78 is 11.3. The quantitative estimate of drug-likeness (QED) is 0.680. The number of ether oxygens (including phenoxy) is 2. The first kappa shape index (κ1) is 22.9. The van der Waals surface area contributed by atoms with Gasteiger partial charge in [-0.05, 0) is 62.6 Å². The average molecular weight is 445 g/mol. The Labute approximate surface area is 188 Å². The lowest BCUT2D eigenvalue weighted by Gasteiger charge is -2.22.